The predicted octanol–water partition coefficient (Wildman–Crippen LogP) is 2.28. The van der Waals surface area contributed by atoms with Crippen LogP contribution in [-0.4, -0.2) is 44.0 Å². The third-order valence-electron chi connectivity index (χ3n) is 3.92. The summed E-state index contributed by atoms with van der Waals surface area (Å²) in [6.07, 6.45) is 3.49. The highest BCUT2D eigenvalue weighted by Gasteiger charge is 2.19. The van der Waals surface area contributed by atoms with Gasteiger partial charge in [0.05, 0.1) is 18.3 Å². The van der Waals surface area contributed by atoms with Crippen molar-refractivity contribution in [3.8, 4) is 0 Å². The van der Waals surface area contributed by atoms with Gasteiger partial charge >= 0.3 is 0 Å². The second-order valence-corrected chi connectivity index (χ2v) is 6.67. The third-order valence-corrected chi connectivity index (χ3v) is 5.07. The van der Waals surface area contributed by atoms with Gasteiger partial charge in [0, 0.05) is 24.6 Å². The monoisotopic (exact) mass is 306 g/mol. The van der Waals surface area contributed by atoms with Crippen LogP contribution in [0.2, 0.25) is 0 Å². The van der Waals surface area contributed by atoms with Crippen LogP contribution in [0.4, 0.5) is 5.69 Å². The molecule has 4 nitrogen and oxygen atoms in total. The predicted molar refractivity (Wildman–Crippen MR) is 86.0 cm³/mol. The van der Waals surface area contributed by atoms with Gasteiger partial charge in [0.2, 0.25) is 5.91 Å². The first-order valence-electron chi connectivity index (χ1n) is 7.68. The lowest BCUT2D eigenvalue weighted by atomic mass is 10.2. The highest BCUT2D eigenvalue weighted by atomic mass is 32.2. The van der Waals surface area contributed by atoms with Crippen molar-refractivity contribution >= 4 is 23.4 Å². The van der Waals surface area contributed by atoms with Gasteiger partial charge in [0.1, 0.15) is 0 Å². The topological polar surface area (TPSA) is 41.6 Å². The molecule has 1 N–H and O–H groups in total. The van der Waals surface area contributed by atoms with E-state index in [-0.39, 0.29) is 12.0 Å². The molecule has 3 rings (SSSR count). The number of amides is 1. The summed E-state index contributed by atoms with van der Waals surface area (Å²) in [5, 5.41) is 3.01. The number of nitrogens with zero attached hydrogens (tertiary/aromatic N) is 1. The molecule has 1 aromatic carbocycles. The van der Waals surface area contributed by atoms with E-state index >= 15 is 0 Å². The van der Waals surface area contributed by atoms with E-state index in [1.54, 1.807) is 0 Å². The van der Waals surface area contributed by atoms with Gasteiger partial charge in [-0.1, -0.05) is 12.1 Å². The molecular formula is C16H22N2O2S. The number of carbonyl (C=O) groups excluding carboxylic acids is 1. The van der Waals surface area contributed by atoms with Crippen molar-refractivity contribution in [2.24, 2.45) is 0 Å². The number of anilines is 1. The van der Waals surface area contributed by atoms with Gasteiger partial charge in [-0.2, -0.15) is 0 Å². The second-order valence-electron chi connectivity index (χ2n) is 5.53. The zero-order valence-electron chi connectivity index (χ0n) is 12.2. The number of rotatable bonds is 4. The molecule has 2 aliphatic rings. The van der Waals surface area contributed by atoms with Crippen LogP contribution in [0.25, 0.3) is 0 Å². The molecule has 21 heavy (non-hydrogen) atoms. The standard InChI is InChI=1S/C16H22N2O2S/c19-16(17-11-13-5-3-9-20-13)12-18-8-4-10-21-15-7-2-1-6-14(15)18/h1-2,6-7,13H,3-5,8-12H2,(H,17,19)/t13-/m0/s1. The first-order valence-corrected chi connectivity index (χ1v) is 8.66. The quantitative estimate of drug-likeness (QED) is 0.927. The Morgan fingerprint density at radius 3 is 3.14 bits per heavy atom. The van der Waals surface area contributed by atoms with Crippen molar-refractivity contribution < 1.29 is 9.53 Å². The summed E-state index contributed by atoms with van der Waals surface area (Å²) in [4.78, 5) is 15.6. The normalized spacial score (nSPS) is 21.7. The van der Waals surface area contributed by atoms with Crippen LogP contribution in [0.1, 0.15) is 19.3 Å². The zero-order valence-corrected chi connectivity index (χ0v) is 13.0. The number of benzene rings is 1. The van der Waals surface area contributed by atoms with Crippen LogP contribution in [0.15, 0.2) is 29.2 Å². The molecule has 0 saturated carbocycles. The Balaban J connectivity index is 1.57. The van der Waals surface area contributed by atoms with Crippen molar-refractivity contribution in [2.45, 2.75) is 30.3 Å². The minimum atomic E-state index is 0.0900. The van der Waals surface area contributed by atoms with Crippen LogP contribution in [-0.2, 0) is 9.53 Å². The maximum Gasteiger partial charge on any atom is 0.239 e. The Labute approximate surface area is 130 Å². The Morgan fingerprint density at radius 2 is 2.29 bits per heavy atom. The number of carbonyl (C=O) groups is 1. The molecule has 114 valence electrons. The molecule has 1 amide bonds. The number of ether oxygens (including phenoxy) is 1. The van der Waals surface area contributed by atoms with Crippen molar-refractivity contribution in [1.29, 1.82) is 0 Å². The summed E-state index contributed by atoms with van der Waals surface area (Å²) in [5.74, 6) is 1.21. The van der Waals surface area contributed by atoms with E-state index in [1.807, 2.05) is 17.8 Å². The lowest BCUT2D eigenvalue weighted by molar-refractivity contribution is -0.120. The summed E-state index contributed by atoms with van der Waals surface area (Å²) in [7, 11) is 0. The fourth-order valence-electron chi connectivity index (χ4n) is 2.82. The van der Waals surface area contributed by atoms with E-state index in [2.05, 4.69) is 28.4 Å². The highest BCUT2D eigenvalue weighted by Crippen LogP contribution is 2.33. The molecule has 1 fully saturated rings. The molecule has 0 radical (unpaired) electrons. The Bertz CT molecular complexity index is 489. The van der Waals surface area contributed by atoms with Gasteiger partial charge in [0.15, 0.2) is 0 Å². The average Bonchev–Trinajstić information content (AvgIpc) is 2.94. The van der Waals surface area contributed by atoms with E-state index in [4.69, 9.17) is 4.74 Å². The summed E-state index contributed by atoms with van der Waals surface area (Å²) < 4.78 is 5.54. The number of nitrogens with one attached hydrogen (secondary N) is 1. The van der Waals surface area contributed by atoms with Gasteiger partial charge in [0.25, 0.3) is 0 Å². The molecular weight excluding hydrogens is 284 g/mol. The first-order chi connectivity index (χ1) is 10.3. The SMILES string of the molecule is O=C(CN1CCCSc2ccccc21)NC[C@@H]1CCCO1. The molecule has 2 heterocycles. The minimum Gasteiger partial charge on any atom is -0.376 e. The molecule has 0 spiro atoms. The molecule has 1 aromatic rings. The van der Waals surface area contributed by atoms with Gasteiger partial charge in [-0.3, -0.25) is 4.79 Å². The molecule has 1 atom stereocenters. The van der Waals surface area contributed by atoms with Crippen molar-refractivity contribution in [3.63, 3.8) is 0 Å². The van der Waals surface area contributed by atoms with Crippen molar-refractivity contribution in [2.75, 3.05) is 36.9 Å². The third kappa shape index (κ3) is 3.92. The van der Waals surface area contributed by atoms with Crippen LogP contribution in [0, 0.1) is 0 Å². The van der Waals surface area contributed by atoms with E-state index in [1.165, 1.54) is 10.6 Å². The maximum atomic E-state index is 12.2. The lowest BCUT2D eigenvalue weighted by Crippen LogP contribution is -2.40. The van der Waals surface area contributed by atoms with Gasteiger partial charge in [-0.15, -0.1) is 11.8 Å². The first kappa shape index (κ1) is 14.7. The Morgan fingerprint density at radius 1 is 1.38 bits per heavy atom. The van der Waals surface area contributed by atoms with Gasteiger partial charge in [-0.25, -0.2) is 0 Å². The summed E-state index contributed by atoms with van der Waals surface area (Å²) in [6, 6.07) is 8.36. The molecule has 0 aromatic heterocycles. The Kier molecular flexibility index (Phi) is 5.04. The average molecular weight is 306 g/mol. The minimum absolute atomic E-state index is 0.0900. The van der Waals surface area contributed by atoms with Gasteiger partial charge in [-0.05, 0) is 37.1 Å². The fraction of sp³-hybridized carbons (Fsp3) is 0.562. The summed E-state index contributed by atoms with van der Waals surface area (Å²) in [6.45, 7) is 2.85. The molecule has 0 aliphatic carbocycles. The summed E-state index contributed by atoms with van der Waals surface area (Å²) in [5.41, 5.74) is 1.19. The Hall–Kier alpha value is -1.20. The number of fused-ring (bicyclic) bond motifs is 1. The largest absolute Gasteiger partial charge is 0.376 e. The lowest BCUT2D eigenvalue weighted by Gasteiger charge is -2.24. The highest BCUT2D eigenvalue weighted by molar-refractivity contribution is 7.99. The molecule has 0 unspecified atom stereocenters. The second kappa shape index (κ2) is 7.18. The van der Waals surface area contributed by atoms with E-state index in [0.717, 1.165) is 38.2 Å². The van der Waals surface area contributed by atoms with Crippen LogP contribution < -0.4 is 10.2 Å². The summed E-state index contributed by atoms with van der Waals surface area (Å²) >= 11 is 1.88. The van der Waals surface area contributed by atoms with E-state index < -0.39 is 0 Å². The maximum absolute atomic E-state index is 12.2. The van der Waals surface area contributed by atoms with Crippen molar-refractivity contribution in [3.05, 3.63) is 24.3 Å². The molecule has 2 aliphatic heterocycles. The smallest absolute Gasteiger partial charge is 0.239 e. The molecule has 1 saturated heterocycles. The number of thioether (sulfide) groups is 1. The number of para-hydroxylation sites is 1. The van der Waals surface area contributed by atoms with Crippen molar-refractivity contribution in [1.82, 2.24) is 5.32 Å². The molecule has 5 heteroatoms. The molecule has 0 bridgehead atoms. The fourth-order valence-corrected chi connectivity index (χ4v) is 3.84. The van der Waals surface area contributed by atoms with Crippen LogP contribution in [0.3, 0.4) is 0 Å². The van der Waals surface area contributed by atoms with Gasteiger partial charge < -0.3 is 15.0 Å². The zero-order chi connectivity index (χ0) is 14.5. The van der Waals surface area contributed by atoms with Crippen LogP contribution in [0.5, 0.6) is 0 Å². The van der Waals surface area contributed by atoms with E-state index in [9.17, 15) is 4.79 Å². The van der Waals surface area contributed by atoms with E-state index in [0.29, 0.717) is 13.1 Å². The van der Waals surface area contributed by atoms with Crippen LogP contribution >= 0.6 is 11.8 Å². The number of hydrogen-bond donors (Lipinski definition) is 1. The number of hydrogen-bond acceptors (Lipinski definition) is 4.